The number of hydrogen-bond donors (Lipinski definition) is 2. The lowest BCUT2D eigenvalue weighted by molar-refractivity contribution is -0.151. The summed E-state index contributed by atoms with van der Waals surface area (Å²) in [5, 5.41) is 13.1. The first kappa shape index (κ1) is 23.2. The zero-order chi connectivity index (χ0) is 23.2. The van der Waals surface area contributed by atoms with Crippen LogP contribution in [-0.2, 0) is 20.8 Å². The Morgan fingerprint density at radius 1 is 1.18 bits per heavy atom. The van der Waals surface area contributed by atoms with Gasteiger partial charge in [-0.05, 0) is 30.5 Å². The summed E-state index contributed by atoms with van der Waals surface area (Å²) in [6, 6.07) is 5.64. The van der Waals surface area contributed by atoms with Gasteiger partial charge >= 0.3 is 0 Å². The summed E-state index contributed by atoms with van der Waals surface area (Å²) in [6.07, 6.45) is 4.12. The van der Waals surface area contributed by atoms with E-state index in [-0.39, 0.29) is 61.7 Å². The summed E-state index contributed by atoms with van der Waals surface area (Å²) in [5.74, 6) is -0.813. The van der Waals surface area contributed by atoms with Crippen LogP contribution in [0.5, 0.6) is 0 Å². The quantitative estimate of drug-likeness (QED) is 0.689. The van der Waals surface area contributed by atoms with Gasteiger partial charge < -0.3 is 24.8 Å². The molecule has 9 nitrogen and oxygen atoms in total. The first-order valence-corrected chi connectivity index (χ1v) is 11.0. The summed E-state index contributed by atoms with van der Waals surface area (Å²) in [7, 11) is 0. The zero-order valence-electron chi connectivity index (χ0n) is 18.1. The fraction of sp³-hybridized carbons (Fsp3) is 0.478. The highest BCUT2D eigenvalue weighted by Gasteiger charge is 2.40. The lowest BCUT2D eigenvalue weighted by Gasteiger charge is -2.44. The van der Waals surface area contributed by atoms with Gasteiger partial charge in [0, 0.05) is 25.5 Å². The molecule has 2 aliphatic rings. The summed E-state index contributed by atoms with van der Waals surface area (Å²) < 4.78 is 24.8. The first-order chi connectivity index (χ1) is 16.0. The maximum absolute atomic E-state index is 13.1. The van der Waals surface area contributed by atoms with Gasteiger partial charge in [-0.1, -0.05) is 12.1 Å². The summed E-state index contributed by atoms with van der Waals surface area (Å²) in [4.78, 5) is 35.2. The number of rotatable bonds is 5. The molecule has 3 heterocycles. The molecule has 4 atom stereocenters. The van der Waals surface area contributed by atoms with Gasteiger partial charge in [-0.2, -0.15) is 0 Å². The van der Waals surface area contributed by atoms with Crippen LogP contribution in [0, 0.1) is 5.82 Å². The van der Waals surface area contributed by atoms with Crippen molar-refractivity contribution in [3.63, 3.8) is 0 Å². The molecule has 1 aromatic carbocycles. The van der Waals surface area contributed by atoms with Crippen LogP contribution < -0.4 is 5.32 Å². The van der Waals surface area contributed by atoms with E-state index in [4.69, 9.17) is 9.47 Å². The van der Waals surface area contributed by atoms with Crippen molar-refractivity contribution in [2.45, 2.75) is 50.2 Å². The highest BCUT2D eigenvalue weighted by Crippen LogP contribution is 2.28. The molecule has 0 unspecified atom stereocenters. The third-order valence-electron chi connectivity index (χ3n) is 5.84. The molecule has 176 valence electrons. The van der Waals surface area contributed by atoms with E-state index in [1.165, 1.54) is 30.7 Å². The molecule has 1 aromatic heterocycles. The molecule has 0 aliphatic carbocycles. The molecule has 2 saturated heterocycles. The molecule has 0 spiro atoms. The van der Waals surface area contributed by atoms with Gasteiger partial charge in [0.15, 0.2) is 0 Å². The number of β-amino-alcohol motifs (C(OH)–C–C–N with tert-alkyl or cyclic N) is 1. The van der Waals surface area contributed by atoms with Crippen LogP contribution in [0.2, 0.25) is 0 Å². The standard InChI is InChI=1S/C23H27FN4O5/c24-16-3-1-15(2-4-16)10-27-22(30)9-18-5-6-20-21(33-18)14-32-13-17(29)12-28(20)23(31)19-11-25-7-8-26-19/h1-4,7-8,11,17-18,20-21,29H,5-6,9-10,12-14H2,(H,27,30)/t17-,18+,20-,21+/m1/s1. The van der Waals surface area contributed by atoms with Crippen LogP contribution in [0.4, 0.5) is 4.39 Å². The average Bonchev–Trinajstić information content (AvgIpc) is 2.82. The fourth-order valence-electron chi connectivity index (χ4n) is 4.21. The van der Waals surface area contributed by atoms with Crippen molar-refractivity contribution in [2.75, 3.05) is 19.8 Å². The van der Waals surface area contributed by atoms with Crippen LogP contribution in [0.1, 0.15) is 35.3 Å². The van der Waals surface area contributed by atoms with Crippen molar-refractivity contribution in [3.05, 3.63) is 59.9 Å². The van der Waals surface area contributed by atoms with Gasteiger partial charge in [-0.3, -0.25) is 14.6 Å². The number of nitrogens with zero attached hydrogens (tertiary/aromatic N) is 3. The Hall–Kier alpha value is -2.95. The molecular weight excluding hydrogens is 431 g/mol. The van der Waals surface area contributed by atoms with E-state index in [0.717, 1.165) is 5.56 Å². The number of aromatic nitrogens is 2. The number of aliphatic hydroxyl groups is 1. The number of carbonyl (C=O) groups excluding carboxylic acids is 2. The molecule has 10 heteroatoms. The lowest BCUT2D eigenvalue weighted by Crippen LogP contribution is -2.57. The van der Waals surface area contributed by atoms with E-state index in [2.05, 4.69) is 15.3 Å². The maximum atomic E-state index is 13.1. The molecule has 0 saturated carbocycles. The minimum Gasteiger partial charge on any atom is -0.389 e. The highest BCUT2D eigenvalue weighted by atomic mass is 19.1. The van der Waals surface area contributed by atoms with Crippen LogP contribution in [-0.4, -0.2) is 75.9 Å². The average molecular weight is 458 g/mol. The number of halogens is 1. The van der Waals surface area contributed by atoms with Gasteiger partial charge in [0.25, 0.3) is 5.91 Å². The molecule has 2 amide bonds. The van der Waals surface area contributed by atoms with E-state index in [1.54, 1.807) is 17.0 Å². The molecule has 33 heavy (non-hydrogen) atoms. The van der Waals surface area contributed by atoms with Crippen molar-refractivity contribution < 1.29 is 28.6 Å². The van der Waals surface area contributed by atoms with Gasteiger partial charge in [0.1, 0.15) is 17.6 Å². The summed E-state index contributed by atoms with van der Waals surface area (Å²) in [6.45, 7) is 0.696. The van der Waals surface area contributed by atoms with Crippen molar-refractivity contribution in [1.82, 2.24) is 20.2 Å². The molecule has 2 fully saturated rings. The Kier molecular flexibility index (Phi) is 7.58. The Morgan fingerprint density at radius 2 is 2.00 bits per heavy atom. The first-order valence-electron chi connectivity index (χ1n) is 11.0. The third kappa shape index (κ3) is 6.10. The van der Waals surface area contributed by atoms with Crippen LogP contribution in [0.15, 0.2) is 42.9 Å². The third-order valence-corrected chi connectivity index (χ3v) is 5.84. The van der Waals surface area contributed by atoms with Crippen molar-refractivity contribution in [3.8, 4) is 0 Å². The van der Waals surface area contributed by atoms with Crippen LogP contribution in [0.3, 0.4) is 0 Å². The molecule has 2 aliphatic heterocycles. The Morgan fingerprint density at radius 3 is 2.76 bits per heavy atom. The van der Waals surface area contributed by atoms with E-state index in [1.807, 2.05) is 0 Å². The number of aliphatic hydroxyl groups excluding tert-OH is 1. The Labute approximate surface area is 190 Å². The van der Waals surface area contributed by atoms with Crippen LogP contribution in [0.25, 0.3) is 0 Å². The Balaban J connectivity index is 1.37. The van der Waals surface area contributed by atoms with Crippen molar-refractivity contribution in [2.24, 2.45) is 0 Å². The topological polar surface area (TPSA) is 114 Å². The van der Waals surface area contributed by atoms with E-state index < -0.39 is 12.2 Å². The largest absolute Gasteiger partial charge is 0.389 e. The zero-order valence-corrected chi connectivity index (χ0v) is 18.1. The number of ether oxygens (including phenoxy) is 2. The monoisotopic (exact) mass is 458 g/mol. The number of amides is 2. The van der Waals surface area contributed by atoms with Gasteiger partial charge in [-0.25, -0.2) is 9.37 Å². The molecule has 0 radical (unpaired) electrons. The van der Waals surface area contributed by atoms with Crippen LogP contribution >= 0.6 is 0 Å². The SMILES string of the molecule is O=C(C[C@@H]1CC[C@@H]2[C@H](COC[C@H](O)CN2C(=O)c2cnccn2)O1)NCc1ccc(F)cc1. The van der Waals surface area contributed by atoms with Gasteiger partial charge in [-0.15, -0.1) is 0 Å². The van der Waals surface area contributed by atoms with E-state index >= 15 is 0 Å². The molecule has 2 aromatic rings. The smallest absolute Gasteiger partial charge is 0.274 e. The van der Waals surface area contributed by atoms with E-state index in [0.29, 0.717) is 19.4 Å². The number of nitrogens with one attached hydrogen (secondary N) is 1. The number of benzene rings is 1. The van der Waals surface area contributed by atoms with E-state index in [9.17, 15) is 19.1 Å². The molecule has 0 bridgehead atoms. The van der Waals surface area contributed by atoms with Crippen molar-refractivity contribution in [1.29, 1.82) is 0 Å². The number of hydrogen-bond acceptors (Lipinski definition) is 7. The second-order valence-electron chi connectivity index (χ2n) is 8.29. The number of fused-ring (bicyclic) bond motifs is 1. The lowest BCUT2D eigenvalue weighted by atomic mass is 9.94. The second kappa shape index (κ2) is 10.8. The second-order valence-corrected chi connectivity index (χ2v) is 8.29. The molecule has 2 N–H and O–H groups in total. The predicted molar refractivity (Wildman–Crippen MR) is 114 cm³/mol. The highest BCUT2D eigenvalue weighted by molar-refractivity contribution is 5.92. The summed E-state index contributed by atoms with van der Waals surface area (Å²) >= 11 is 0. The predicted octanol–water partition coefficient (Wildman–Crippen LogP) is 1.07. The maximum Gasteiger partial charge on any atom is 0.274 e. The van der Waals surface area contributed by atoms with Gasteiger partial charge in [0.05, 0.1) is 44.1 Å². The van der Waals surface area contributed by atoms with Crippen molar-refractivity contribution >= 4 is 11.8 Å². The number of carbonyl (C=O) groups is 2. The molecular formula is C23H27FN4O5. The summed E-state index contributed by atoms with van der Waals surface area (Å²) in [5.41, 5.74) is 1.01. The molecule has 4 rings (SSSR count). The fourth-order valence-corrected chi connectivity index (χ4v) is 4.21. The van der Waals surface area contributed by atoms with Gasteiger partial charge in [0.2, 0.25) is 5.91 Å². The minimum absolute atomic E-state index is 0.0830. The Bertz CT molecular complexity index is 946. The normalized spacial score (nSPS) is 25.5. The minimum atomic E-state index is -0.818.